The van der Waals surface area contributed by atoms with Gasteiger partial charge in [-0.05, 0) is 43.9 Å². The van der Waals surface area contributed by atoms with Crippen molar-refractivity contribution in [2.45, 2.75) is 51.7 Å². The van der Waals surface area contributed by atoms with Crippen molar-refractivity contribution in [1.82, 2.24) is 4.90 Å². The number of aliphatic hydroxyl groups is 1. The van der Waals surface area contributed by atoms with Crippen LogP contribution in [0.25, 0.3) is 0 Å². The zero-order chi connectivity index (χ0) is 12.6. The summed E-state index contributed by atoms with van der Waals surface area (Å²) in [7, 11) is 0. The smallest absolute Gasteiger partial charge is 0.0923 e. The zero-order valence-electron chi connectivity index (χ0n) is 11.5. The second-order valence-electron chi connectivity index (χ2n) is 6.57. The zero-order valence-corrected chi connectivity index (χ0v) is 11.5. The van der Waals surface area contributed by atoms with Crippen molar-refractivity contribution in [3.05, 3.63) is 0 Å². The number of piperidine rings is 1. The Labute approximate surface area is 105 Å². The SMILES string of the molecule is CC1CC(C)C(C)N(CC(O)(CN)C2CC2)C1. The number of likely N-dealkylation sites (tertiary alicyclic amines) is 1. The molecule has 2 aliphatic rings. The monoisotopic (exact) mass is 240 g/mol. The Morgan fingerprint density at radius 2 is 1.94 bits per heavy atom. The average molecular weight is 240 g/mol. The molecule has 3 heteroatoms. The Bertz CT molecular complexity index is 267. The summed E-state index contributed by atoms with van der Waals surface area (Å²) in [5.74, 6) is 1.91. The lowest BCUT2D eigenvalue weighted by Crippen LogP contribution is -2.56. The summed E-state index contributed by atoms with van der Waals surface area (Å²) in [5.41, 5.74) is 5.17. The number of nitrogens with zero attached hydrogens (tertiary/aromatic N) is 1. The molecule has 1 heterocycles. The fourth-order valence-electron chi connectivity index (χ4n) is 3.37. The number of β-amino-alcohol motifs (C(OH)–C–C–N with tert-alkyl or cyclic N) is 1. The van der Waals surface area contributed by atoms with E-state index in [-0.39, 0.29) is 0 Å². The topological polar surface area (TPSA) is 49.5 Å². The van der Waals surface area contributed by atoms with E-state index in [1.807, 2.05) is 0 Å². The van der Waals surface area contributed by atoms with Gasteiger partial charge in [0.1, 0.15) is 0 Å². The van der Waals surface area contributed by atoms with Gasteiger partial charge < -0.3 is 10.8 Å². The molecule has 100 valence electrons. The molecule has 0 spiro atoms. The number of nitrogens with two attached hydrogens (primary N) is 1. The van der Waals surface area contributed by atoms with E-state index < -0.39 is 5.60 Å². The van der Waals surface area contributed by atoms with Crippen molar-refractivity contribution in [2.24, 2.45) is 23.5 Å². The largest absolute Gasteiger partial charge is 0.387 e. The van der Waals surface area contributed by atoms with Crippen molar-refractivity contribution >= 4 is 0 Å². The first-order chi connectivity index (χ1) is 7.96. The predicted octanol–water partition coefficient (Wildman–Crippen LogP) is 1.45. The Hall–Kier alpha value is -0.120. The highest BCUT2D eigenvalue weighted by Gasteiger charge is 2.45. The molecule has 3 N–H and O–H groups in total. The van der Waals surface area contributed by atoms with Crippen LogP contribution in [0.1, 0.15) is 40.0 Å². The van der Waals surface area contributed by atoms with E-state index in [9.17, 15) is 5.11 Å². The summed E-state index contributed by atoms with van der Waals surface area (Å²) in [6.45, 7) is 9.22. The molecule has 17 heavy (non-hydrogen) atoms. The minimum absolute atomic E-state index is 0.406. The van der Waals surface area contributed by atoms with Gasteiger partial charge >= 0.3 is 0 Å². The molecule has 3 nitrogen and oxygen atoms in total. The Balaban J connectivity index is 2.00. The third-order valence-corrected chi connectivity index (χ3v) is 4.89. The van der Waals surface area contributed by atoms with Gasteiger partial charge in [-0.3, -0.25) is 4.90 Å². The van der Waals surface area contributed by atoms with Gasteiger partial charge in [0.15, 0.2) is 0 Å². The second kappa shape index (κ2) is 4.87. The number of rotatable bonds is 4. The minimum atomic E-state index is -0.634. The highest BCUT2D eigenvalue weighted by molar-refractivity contribution is 4.99. The van der Waals surface area contributed by atoms with E-state index in [0.29, 0.717) is 18.5 Å². The normalized spacial score (nSPS) is 39.0. The average Bonchev–Trinajstić information content (AvgIpc) is 3.09. The molecule has 1 saturated carbocycles. The van der Waals surface area contributed by atoms with E-state index in [4.69, 9.17) is 5.73 Å². The van der Waals surface area contributed by atoms with Gasteiger partial charge in [0, 0.05) is 25.7 Å². The van der Waals surface area contributed by atoms with Crippen LogP contribution in [0, 0.1) is 17.8 Å². The van der Waals surface area contributed by atoms with Crippen LogP contribution in [0.2, 0.25) is 0 Å². The molecule has 0 radical (unpaired) electrons. The standard InChI is InChI=1S/C14H28N2O/c1-10-6-11(2)12(3)16(7-10)9-14(17,8-15)13-4-5-13/h10-13,17H,4-9,15H2,1-3H3. The molecule has 0 aromatic carbocycles. The summed E-state index contributed by atoms with van der Waals surface area (Å²) in [4.78, 5) is 2.46. The number of hydrogen-bond donors (Lipinski definition) is 2. The maximum Gasteiger partial charge on any atom is 0.0923 e. The molecule has 4 atom stereocenters. The van der Waals surface area contributed by atoms with Gasteiger partial charge in [-0.25, -0.2) is 0 Å². The first kappa shape index (κ1) is 13.3. The molecule has 4 unspecified atom stereocenters. The summed E-state index contributed by atoms with van der Waals surface area (Å²) >= 11 is 0. The lowest BCUT2D eigenvalue weighted by atomic mass is 9.84. The van der Waals surface area contributed by atoms with E-state index >= 15 is 0 Å². The van der Waals surface area contributed by atoms with E-state index in [0.717, 1.165) is 37.8 Å². The summed E-state index contributed by atoms with van der Waals surface area (Å²) in [5, 5.41) is 10.6. The van der Waals surface area contributed by atoms with Gasteiger partial charge in [0.05, 0.1) is 5.60 Å². The summed E-state index contributed by atoms with van der Waals surface area (Å²) < 4.78 is 0. The van der Waals surface area contributed by atoms with Gasteiger partial charge in [0.2, 0.25) is 0 Å². The Morgan fingerprint density at radius 3 is 2.47 bits per heavy atom. The molecule has 1 aliphatic heterocycles. The van der Waals surface area contributed by atoms with Crippen molar-refractivity contribution in [1.29, 1.82) is 0 Å². The fourth-order valence-corrected chi connectivity index (χ4v) is 3.37. The Kier molecular flexibility index (Phi) is 3.81. The molecule has 2 fully saturated rings. The fraction of sp³-hybridized carbons (Fsp3) is 1.00. The predicted molar refractivity (Wildman–Crippen MR) is 70.7 cm³/mol. The molecule has 0 aromatic rings. The first-order valence-electron chi connectivity index (χ1n) is 7.12. The third-order valence-electron chi connectivity index (χ3n) is 4.89. The minimum Gasteiger partial charge on any atom is -0.387 e. The van der Waals surface area contributed by atoms with Crippen molar-refractivity contribution in [3.8, 4) is 0 Å². The maximum absolute atomic E-state index is 10.6. The Morgan fingerprint density at radius 1 is 1.29 bits per heavy atom. The maximum atomic E-state index is 10.6. The third kappa shape index (κ3) is 2.83. The van der Waals surface area contributed by atoms with E-state index in [2.05, 4.69) is 25.7 Å². The van der Waals surface area contributed by atoms with Crippen LogP contribution >= 0.6 is 0 Å². The van der Waals surface area contributed by atoms with Gasteiger partial charge in [0.25, 0.3) is 0 Å². The van der Waals surface area contributed by atoms with Crippen molar-refractivity contribution in [3.63, 3.8) is 0 Å². The molecule has 1 aliphatic carbocycles. The van der Waals surface area contributed by atoms with Crippen LogP contribution in [0.5, 0.6) is 0 Å². The van der Waals surface area contributed by atoms with E-state index in [1.54, 1.807) is 0 Å². The van der Waals surface area contributed by atoms with Gasteiger partial charge in [-0.1, -0.05) is 13.8 Å². The van der Waals surface area contributed by atoms with Crippen molar-refractivity contribution < 1.29 is 5.11 Å². The van der Waals surface area contributed by atoms with Crippen LogP contribution < -0.4 is 5.73 Å². The van der Waals surface area contributed by atoms with Crippen LogP contribution in [-0.4, -0.2) is 41.3 Å². The molecule has 0 bridgehead atoms. The number of hydrogen-bond acceptors (Lipinski definition) is 3. The lowest BCUT2D eigenvalue weighted by molar-refractivity contribution is -0.0406. The molecule has 2 rings (SSSR count). The van der Waals surface area contributed by atoms with Crippen LogP contribution in [-0.2, 0) is 0 Å². The summed E-state index contributed by atoms with van der Waals surface area (Å²) in [6, 6.07) is 0.572. The highest BCUT2D eigenvalue weighted by Crippen LogP contribution is 2.40. The second-order valence-corrected chi connectivity index (χ2v) is 6.57. The first-order valence-corrected chi connectivity index (χ1v) is 7.12. The van der Waals surface area contributed by atoms with Gasteiger partial charge in [-0.2, -0.15) is 0 Å². The quantitative estimate of drug-likeness (QED) is 0.782. The molecule has 0 amide bonds. The summed E-state index contributed by atoms with van der Waals surface area (Å²) in [6.07, 6.45) is 3.62. The van der Waals surface area contributed by atoms with Crippen molar-refractivity contribution in [2.75, 3.05) is 19.6 Å². The van der Waals surface area contributed by atoms with Crippen LogP contribution in [0.15, 0.2) is 0 Å². The van der Waals surface area contributed by atoms with E-state index in [1.165, 1.54) is 6.42 Å². The molecular formula is C14H28N2O. The van der Waals surface area contributed by atoms with Crippen LogP contribution in [0.3, 0.4) is 0 Å². The lowest BCUT2D eigenvalue weighted by Gasteiger charge is -2.44. The van der Waals surface area contributed by atoms with Crippen LogP contribution in [0.4, 0.5) is 0 Å². The molecular weight excluding hydrogens is 212 g/mol. The van der Waals surface area contributed by atoms with Gasteiger partial charge in [-0.15, -0.1) is 0 Å². The molecule has 1 saturated heterocycles. The highest BCUT2D eigenvalue weighted by atomic mass is 16.3. The molecule has 0 aromatic heterocycles.